The predicted molar refractivity (Wildman–Crippen MR) is 62.9 cm³/mol. The van der Waals surface area contributed by atoms with E-state index < -0.39 is 0 Å². The largest absolute Gasteiger partial charge is 0.274 e. The minimum Gasteiger partial charge on any atom is -0.274 e. The summed E-state index contributed by atoms with van der Waals surface area (Å²) in [5.41, 5.74) is 0.756. The second kappa shape index (κ2) is 4.65. The van der Waals surface area contributed by atoms with Gasteiger partial charge in [-0.1, -0.05) is 13.0 Å². The van der Waals surface area contributed by atoms with Crippen LogP contribution in [0.15, 0.2) is 24.4 Å². The summed E-state index contributed by atoms with van der Waals surface area (Å²) in [6, 6.07) is 5.25. The highest BCUT2D eigenvalue weighted by Crippen LogP contribution is 2.29. The summed E-state index contributed by atoms with van der Waals surface area (Å²) in [6.45, 7) is 3.78. The topological polar surface area (TPSA) is 50.3 Å². The Hall–Kier alpha value is -1.71. The fraction of sp³-hybridized carbons (Fsp3) is 0.462. The van der Waals surface area contributed by atoms with Gasteiger partial charge in [0.05, 0.1) is 11.7 Å². The Morgan fingerprint density at radius 1 is 1.47 bits per heavy atom. The maximum atomic E-state index is 12.0. The summed E-state index contributed by atoms with van der Waals surface area (Å²) >= 11 is 0. The zero-order valence-corrected chi connectivity index (χ0v) is 10.1. The smallest absolute Gasteiger partial charge is 0.233 e. The van der Waals surface area contributed by atoms with E-state index in [1.807, 2.05) is 32.0 Å². The van der Waals surface area contributed by atoms with Gasteiger partial charge in [0.25, 0.3) is 0 Å². The molecule has 0 aliphatic carbocycles. The summed E-state index contributed by atoms with van der Waals surface area (Å²) in [5.74, 6) is -0.288. The zero-order valence-electron chi connectivity index (χ0n) is 10.1. The summed E-state index contributed by atoms with van der Waals surface area (Å²) < 4.78 is 0. The number of hydrogen-bond acceptors (Lipinski definition) is 3. The van der Waals surface area contributed by atoms with Gasteiger partial charge >= 0.3 is 0 Å². The van der Waals surface area contributed by atoms with Gasteiger partial charge in [-0.3, -0.25) is 19.5 Å². The third-order valence-electron chi connectivity index (χ3n) is 3.27. The van der Waals surface area contributed by atoms with Crippen molar-refractivity contribution in [2.45, 2.75) is 32.7 Å². The summed E-state index contributed by atoms with van der Waals surface area (Å²) in [5, 5.41) is 0. The quantitative estimate of drug-likeness (QED) is 0.748. The molecule has 1 fully saturated rings. The van der Waals surface area contributed by atoms with Crippen LogP contribution in [0.4, 0.5) is 0 Å². The highest BCUT2D eigenvalue weighted by atomic mass is 16.2. The van der Waals surface area contributed by atoms with Gasteiger partial charge in [-0.25, -0.2) is 0 Å². The molecule has 90 valence electrons. The molecule has 4 heteroatoms. The molecule has 4 nitrogen and oxygen atoms in total. The molecule has 17 heavy (non-hydrogen) atoms. The molecule has 1 aliphatic rings. The first-order valence-electron chi connectivity index (χ1n) is 5.92. The second-order valence-electron chi connectivity index (χ2n) is 4.34. The van der Waals surface area contributed by atoms with Gasteiger partial charge in [-0.2, -0.15) is 0 Å². The molecular formula is C13H16N2O2. The van der Waals surface area contributed by atoms with Crippen LogP contribution in [0.5, 0.6) is 0 Å². The average molecular weight is 232 g/mol. The lowest BCUT2D eigenvalue weighted by molar-refractivity contribution is -0.142. The molecule has 1 saturated heterocycles. The number of carbonyl (C=O) groups is 2. The normalized spacial score (nSPS) is 22.0. The molecule has 0 bridgehead atoms. The molecule has 2 rings (SSSR count). The van der Waals surface area contributed by atoms with Gasteiger partial charge in [0.15, 0.2) is 0 Å². The first-order valence-corrected chi connectivity index (χ1v) is 5.92. The highest BCUT2D eigenvalue weighted by molar-refractivity contribution is 6.03. The lowest BCUT2D eigenvalue weighted by Gasteiger charge is -2.22. The number of carbonyl (C=O) groups excluding carboxylic acids is 2. The van der Waals surface area contributed by atoms with Crippen molar-refractivity contribution in [3.05, 3.63) is 30.1 Å². The van der Waals surface area contributed by atoms with Crippen LogP contribution in [0.2, 0.25) is 0 Å². The van der Waals surface area contributed by atoms with Crippen molar-refractivity contribution in [3.63, 3.8) is 0 Å². The van der Waals surface area contributed by atoms with E-state index in [0.29, 0.717) is 6.42 Å². The Bertz CT molecular complexity index is 430. The van der Waals surface area contributed by atoms with Crippen LogP contribution in [-0.2, 0) is 9.59 Å². The van der Waals surface area contributed by atoms with E-state index in [4.69, 9.17) is 0 Å². The number of pyridine rings is 1. The Balaban J connectivity index is 2.23. The first kappa shape index (κ1) is 11.8. The molecule has 1 aliphatic heterocycles. The predicted octanol–water partition coefficient (Wildman–Crippen LogP) is 1.93. The van der Waals surface area contributed by atoms with Gasteiger partial charge in [-0.05, 0) is 25.5 Å². The summed E-state index contributed by atoms with van der Waals surface area (Å²) in [4.78, 5) is 29.4. The lowest BCUT2D eigenvalue weighted by Crippen LogP contribution is -2.33. The molecule has 2 atom stereocenters. The van der Waals surface area contributed by atoms with Crippen LogP contribution in [0.3, 0.4) is 0 Å². The van der Waals surface area contributed by atoms with Crippen molar-refractivity contribution in [1.29, 1.82) is 0 Å². The summed E-state index contributed by atoms with van der Waals surface area (Å²) in [6.07, 6.45) is 2.73. The molecule has 0 aromatic carbocycles. The number of hydrogen-bond donors (Lipinski definition) is 0. The molecule has 2 amide bonds. The Kier molecular flexibility index (Phi) is 3.22. The monoisotopic (exact) mass is 232 g/mol. The Labute approximate surface area is 101 Å². The van der Waals surface area contributed by atoms with Crippen molar-refractivity contribution < 1.29 is 9.59 Å². The van der Waals surface area contributed by atoms with Crippen molar-refractivity contribution in [2.75, 3.05) is 0 Å². The van der Waals surface area contributed by atoms with E-state index in [-0.39, 0.29) is 23.8 Å². The molecule has 1 aromatic heterocycles. The van der Waals surface area contributed by atoms with Crippen molar-refractivity contribution >= 4 is 11.8 Å². The van der Waals surface area contributed by atoms with Gasteiger partial charge < -0.3 is 0 Å². The standard InChI is InChI=1S/C13H16N2O2/c1-3-10-8-12(16)15(13(10)17)9(2)11-6-4-5-7-14-11/h4-7,9-10H,3,8H2,1-2H3/t9-,10?/m0/s1. The van der Waals surface area contributed by atoms with Crippen LogP contribution in [0.1, 0.15) is 38.4 Å². The molecule has 0 N–H and O–H groups in total. The Morgan fingerprint density at radius 3 is 2.76 bits per heavy atom. The molecule has 1 unspecified atom stereocenters. The number of rotatable bonds is 3. The van der Waals surface area contributed by atoms with Gasteiger partial charge in [0, 0.05) is 18.5 Å². The molecular weight excluding hydrogens is 216 g/mol. The zero-order chi connectivity index (χ0) is 12.4. The van der Waals surface area contributed by atoms with E-state index in [1.54, 1.807) is 6.20 Å². The maximum Gasteiger partial charge on any atom is 0.233 e. The fourth-order valence-electron chi connectivity index (χ4n) is 2.20. The van der Waals surface area contributed by atoms with E-state index >= 15 is 0 Å². The SMILES string of the molecule is CCC1CC(=O)N([C@@H](C)c2ccccn2)C1=O. The number of aromatic nitrogens is 1. The van der Waals surface area contributed by atoms with Crippen molar-refractivity contribution in [2.24, 2.45) is 5.92 Å². The van der Waals surface area contributed by atoms with Crippen molar-refractivity contribution in [1.82, 2.24) is 9.88 Å². The van der Waals surface area contributed by atoms with Gasteiger partial charge in [0.1, 0.15) is 0 Å². The van der Waals surface area contributed by atoms with Gasteiger partial charge in [-0.15, -0.1) is 0 Å². The lowest BCUT2D eigenvalue weighted by atomic mass is 10.1. The molecule has 1 aromatic rings. The fourth-order valence-corrected chi connectivity index (χ4v) is 2.20. The van der Waals surface area contributed by atoms with E-state index in [0.717, 1.165) is 12.1 Å². The first-order chi connectivity index (χ1) is 8.15. The Morgan fingerprint density at radius 2 is 2.24 bits per heavy atom. The minimum absolute atomic E-state index is 0.0596. The van der Waals surface area contributed by atoms with Gasteiger partial charge in [0.2, 0.25) is 11.8 Å². The third kappa shape index (κ3) is 2.07. The number of likely N-dealkylation sites (tertiary alicyclic amines) is 1. The number of nitrogens with zero attached hydrogens (tertiary/aromatic N) is 2. The summed E-state index contributed by atoms with van der Waals surface area (Å²) in [7, 11) is 0. The molecule has 0 radical (unpaired) electrons. The van der Waals surface area contributed by atoms with Crippen LogP contribution in [-0.4, -0.2) is 21.7 Å². The number of amides is 2. The van der Waals surface area contributed by atoms with Crippen LogP contribution < -0.4 is 0 Å². The average Bonchev–Trinajstić information content (AvgIpc) is 2.64. The van der Waals surface area contributed by atoms with Crippen LogP contribution in [0.25, 0.3) is 0 Å². The molecule has 0 saturated carbocycles. The number of imide groups is 1. The molecule has 0 spiro atoms. The highest BCUT2D eigenvalue weighted by Gasteiger charge is 2.40. The third-order valence-corrected chi connectivity index (χ3v) is 3.27. The second-order valence-corrected chi connectivity index (χ2v) is 4.34. The van der Waals surface area contributed by atoms with E-state index in [2.05, 4.69) is 4.98 Å². The minimum atomic E-state index is -0.271. The van der Waals surface area contributed by atoms with Crippen molar-refractivity contribution in [3.8, 4) is 0 Å². The van der Waals surface area contributed by atoms with Crippen LogP contribution >= 0.6 is 0 Å². The molecule has 2 heterocycles. The van der Waals surface area contributed by atoms with Crippen LogP contribution in [0, 0.1) is 5.92 Å². The van der Waals surface area contributed by atoms with E-state index in [1.165, 1.54) is 4.90 Å². The maximum absolute atomic E-state index is 12.0. The van der Waals surface area contributed by atoms with E-state index in [9.17, 15) is 9.59 Å².